The highest BCUT2D eigenvalue weighted by Gasteiger charge is 2.20. The Morgan fingerprint density at radius 3 is 2.32 bits per heavy atom. The number of phenols is 1. The highest BCUT2D eigenvalue weighted by atomic mass is 32.2. The first kappa shape index (κ1) is 18.6. The molecule has 0 bridgehead atoms. The minimum Gasteiger partial charge on any atom is -0.507 e. The number of hydrogen-bond donors (Lipinski definition) is 1. The molecule has 2 aromatic rings. The van der Waals surface area contributed by atoms with Crippen LogP contribution in [0.3, 0.4) is 0 Å². The lowest BCUT2D eigenvalue weighted by molar-refractivity contribution is 0.0597. The van der Waals surface area contributed by atoms with E-state index in [9.17, 15) is 23.1 Å². The smallest absolute Gasteiger partial charge is 0.341 e. The molecule has 132 valence electrons. The van der Waals surface area contributed by atoms with Crippen molar-refractivity contribution in [1.82, 2.24) is 0 Å². The van der Waals surface area contributed by atoms with Gasteiger partial charge in [0.15, 0.2) is 5.78 Å². The number of ether oxygens (including phenoxy) is 1. The Hall–Kier alpha value is -2.71. The van der Waals surface area contributed by atoms with Crippen LogP contribution in [-0.2, 0) is 19.0 Å². The Morgan fingerprint density at radius 2 is 1.72 bits per heavy atom. The van der Waals surface area contributed by atoms with Gasteiger partial charge < -0.3 is 9.84 Å². The molecular weight excluding hydrogens is 348 g/mol. The molecule has 2 rings (SSSR count). The maximum absolute atomic E-state index is 12.1. The number of aryl methyl sites for hydroxylation is 1. The van der Waals surface area contributed by atoms with Crippen LogP contribution < -0.4 is 0 Å². The van der Waals surface area contributed by atoms with Crippen molar-refractivity contribution < 1.29 is 32.0 Å². The van der Waals surface area contributed by atoms with Gasteiger partial charge in [-0.25, -0.2) is 4.79 Å². The van der Waals surface area contributed by atoms with E-state index in [1.807, 2.05) is 6.92 Å². The Morgan fingerprint density at radius 1 is 1.08 bits per heavy atom. The van der Waals surface area contributed by atoms with Gasteiger partial charge in [-0.05, 0) is 37.3 Å². The predicted octanol–water partition coefficient (Wildman–Crippen LogP) is 2.08. The lowest BCUT2D eigenvalue weighted by Crippen LogP contribution is -2.15. The van der Waals surface area contributed by atoms with Crippen molar-refractivity contribution in [3.05, 3.63) is 59.2 Å². The Kier molecular flexibility index (Phi) is 5.55. The number of carbonyl (C=O) groups excluding carboxylic acids is 2. The molecule has 0 aliphatic rings. The Balaban J connectivity index is 2.15. The van der Waals surface area contributed by atoms with Crippen LogP contribution in [0.4, 0.5) is 0 Å². The van der Waals surface area contributed by atoms with E-state index in [4.69, 9.17) is 4.18 Å². The number of Topliss-reactive ketones (excluding diaryl/α,β-unsaturated/α-hetero) is 1. The van der Waals surface area contributed by atoms with Crippen LogP contribution in [-0.4, -0.2) is 39.0 Å². The summed E-state index contributed by atoms with van der Waals surface area (Å²) in [4.78, 5) is 23.6. The van der Waals surface area contributed by atoms with Gasteiger partial charge in [0.1, 0.15) is 17.9 Å². The van der Waals surface area contributed by atoms with Crippen molar-refractivity contribution in [2.24, 2.45) is 0 Å². The van der Waals surface area contributed by atoms with Crippen molar-refractivity contribution in [2.45, 2.75) is 11.8 Å². The molecule has 1 N–H and O–H groups in total. The van der Waals surface area contributed by atoms with E-state index in [1.165, 1.54) is 18.2 Å². The standard InChI is InChI=1S/C17H16O7S/c1-11-3-6-13(7-4-11)25(21,22)24-10-16(19)12-5-8-15(18)14(9-12)17(20)23-2/h3-9,18H,10H2,1-2H3. The summed E-state index contributed by atoms with van der Waals surface area (Å²) < 4.78 is 33.4. The second-order valence-corrected chi connectivity index (χ2v) is 6.79. The average molecular weight is 364 g/mol. The lowest BCUT2D eigenvalue weighted by Gasteiger charge is -2.07. The van der Waals surface area contributed by atoms with E-state index < -0.39 is 28.5 Å². The zero-order valence-electron chi connectivity index (χ0n) is 13.6. The number of phenolic OH excluding ortho intramolecular Hbond substituents is 1. The number of hydrogen-bond acceptors (Lipinski definition) is 7. The van der Waals surface area contributed by atoms with Crippen molar-refractivity contribution in [3.8, 4) is 5.75 Å². The van der Waals surface area contributed by atoms with Gasteiger partial charge in [0.2, 0.25) is 0 Å². The van der Waals surface area contributed by atoms with E-state index in [0.29, 0.717) is 0 Å². The fourth-order valence-corrected chi connectivity index (χ4v) is 2.84. The molecule has 0 radical (unpaired) electrons. The van der Waals surface area contributed by atoms with Crippen LogP contribution in [0.15, 0.2) is 47.4 Å². The topological polar surface area (TPSA) is 107 Å². The highest BCUT2D eigenvalue weighted by Crippen LogP contribution is 2.20. The molecule has 0 amide bonds. The molecule has 0 fully saturated rings. The van der Waals surface area contributed by atoms with Gasteiger partial charge >= 0.3 is 5.97 Å². The first-order chi connectivity index (χ1) is 11.7. The molecule has 2 aromatic carbocycles. The molecule has 0 heterocycles. The van der Waals surface area contributed by atoms with Crippen LogP contribution in [0.1, 0.15) is 26.3 Å². The summed E-state index contributed by atoms with van der Waals surface area (Å²) in [6, 6.07) is 9.50. The molecular formula is C17H16O7S. The highest BCUT2D eigenvalue weighted by molar-refractivity contribution is 7.86. The summed E-state index contributed by atoms with van der Waals surface area (Å²) in [5.74, 6) is -1.84. The van der Waals surface area contributed by atoms with Gasteiger partial charge in [0.25, 0.3) is 10.1 Å². The fraction of sp³-hybridized carbons (Fsp3) is 0.176. The third-order valence-corrected chi connectivity index (χ3v) is 4.66. The second kappa shape index (κ2) is 7.45. The van der Waals surface area contributed by atoms with E-state index in [1.54, 1.807) is 12.1 Å². The minimum atomic E-state index is -4.08. The fourth-order valence-electron chi connectivity index (χ4n) is 1.97. The Labute approximate surface area is 144 Å². The maximum Gasteiger partial charge on any atom is 0.341 e. The largest absolute Gasteiger partial charge is 0.507 e. The number of esters is 1. The van der Waals surface area contributed by atoms with Crippen LogP contribution in [0.5, 0.6) is 5.75 Å². The second-order valence-electron chi connectivity index (χ2n) is 5.18. The summed E-state index contributed by atoms with van der Waals surface area (Å²) in [5, 5.41) is 9.61. The van der Waals surface area contributed by atoms with E-state index in [0.717, 1.165) is 24.8 Å². The van der Waals surface area contributed by atoms with Crippen LogP contribution >= 0.6 is 0 Å². The monoisotopic (exact) mass is 364 g/mol. The summed E-state index contributed by atoms with van der Waals surface area (Å²) in [5.41, 5.74) is 0.696. The number of carbonyl (C=O) groups is 2. The first-order valence-corrected chi connectivity index (χ1v) is 8.56. The molecule has 0 spiro atoms. The normalized spacial score (nSPS) is 11.1. The number of benzene rings is 2. The molecule has 8 heteroatoms. The maximum atomic E-state index is 12.1. The number of rotatable bonds is 6. The molecule has 0 aromatic heterocycles. The third-order valence-electron chi connectivity index (χ3n) is 3.38. The molecule has 0 saturated carbocycles. The zero-order chi connectivity index (χ0) is 18.6. The van der Waals surface area contributed by atoms with E-state index in [2.05, 4.69) is 4.74 Å². The van der Waals surface area contributed by atoms with Gasteiger partial charge in [-0.3, -0.25) is 8.98 Å². The van der Waals surface area contributed by atoms with Crippen molar-refractivity contribution in [2.75, 3.05) is 13.7 Å². The van der Waals surface area contributed by atoms with Crippen molar-refractivity contribution in [1.29, 1.82) is 0 Å². The number of methoxy groups -OCH3 is 1. The zero-order valence-corrected chi connectivity index (χ0v) is 14.4. The molecule has 0 aliphatic heterocycles. The predicted molar refractivity (Wildman–Crippen MR) is 88.1 cm³/mol. The quantitative estimate of drug-likeness (QED) is 0.475. The molecule has 7 nitrogen and oxygen atoms in total. The molecule has 0 aliphatic carbocycles. The summed E-state index contributed by atoms with van der Waals surface area (Å²) in [7, 11) is -2.95. The van der Waals surface area contributed by atoms with Crippen LogP contribution in [0.2, 0.25) is 0 Å². The third kappa shape index (κ3) is 4.43. The lowest BCUT2D eigenvalue weighted by atomic mass is 10.1. The summed E-state index contributed by atoms with van der Waals surface area (Å²) in [6.07, 6.45) is 0. The number of ketones is 1. The van der Waals surface area contributed by atoms with E-state index >= 15 is 0 Å². The summed E-state index contributed by atoms with van der Waals surface area (Å²) >= 11 is 0. The van der Waals surface area contributed by atoms with Gasteiger partial charge in [0, 0.05) is 5.56 Å². The minimum absolute atomic E-state index is 0.0114. The van der Waals surface area contributed by atoms with Gasteiger partial charge in [-0.1, -0.05) is 17.7 Å². The average Bonchev–Trinajstić information content (AvgIpc) is 2.60. The first-order valence-electron chi connectivity index (χ1n) is 7.15. The SMILES string of the molecule is COC(=O)c1cc(C(=O)COS(=O)(=O)c2ccc(C)cc2)ccc1O. The Bertz CT molecular complexity index is 899. The van der Waals surface area contributed by atoms with E-state index in [-0.39, 0.29) is 21.8 Å². The van der Waals surface area contributed by atoms with Crippen molar-refractivity contribution >= 4 is 21.9 Å². The van der Waals surface area contributed by atoms with Gasteiger partial charge in [0.05, 0.1) is 12.0 Å². The molecule has 0 atom stereocenters. The van der Waals surface area contributed by atoms with Crippen LogP contribution in [0, 0.1) is 6.92 Å². The van der Waals surface area contributed by atoms with Gasteiger partial charge in [-0.2, -0.15) is 8.42 Å². The molecule has 0 saturated heterocycles. The molecule has 25 heavy (non-hydrogen) atoms. The summed E-state index contributed by atoms with van der Waals surface area (Å²) in [6.45, 7) is 1.08. The molecule has 0 unspecified atom stereocenters. The number of aromatic hydroxyl groups is 1. The van der Waals surface area contributed by atoms with Gasteiger partial charge in [-0.15, -0.1) is 0 Å². The van der Waals surface area contributed by atoms with Crippen LogP contribution in [0.25, 0.3) is 0 Å². The van der Waals surface area contributed by atoms with Crippen molar-refractivity contribution in [3.63, 3.8) is 0 Å².